The molecule has 17 nitrogen and oxygen atoms in total. The number of carboxylic acids is 1. The Bertz CT molecular complexity index is 1570. The van der Waals surface area contributed by atoms with Gasteiger partial charge in [-0.3, -0.25) is 28.0 Å². The van der Waals surface area contributed by atoms with Crippen LogP contribution >= 0.6 is 27.4 Å². The number of phosphoric acid groups is 2. The maximum atomic E-state index is 13.2. The maximum absolute atomic E-state index is 13.2. The van der Waals surface area contributed by atoms with E-state index in [1.54, 1.807) is 18.2 Å². The number of esters is 2. The summed E-state index contributed by atoms with van der Waals surface area (Å²) in [6.07, 6.45) is 38.3. The summed E-state index contributed by atoms with van der Waals surface area (Å²) in [6.45, 7) is 1.16. The van der Waals surface area contributed by atoms with E-state index in [9.17, 15) is 38.6 Å². The second-order valence-electron chi connectivity index (χ2n) is 16.9. The molecule has 69 heavy (non-hydrogen) atoms. The fraction of sp³-hybridized carbons (Fsp3) is 0.735. The van der Waals surface area contributed by atoms with Crippen molar-refractivity contribution >= 4 is 45.3 Å². The molecule has 0 saturated carbocycles. The normalized spacial score (nSPS) is 15.6. The Kier molecular flexibility index (Phi) is 42.7. The van der Waals surface area contributed by atoms with Gasteiger partial charge in [-0.1, -0.05) is 152 Å². The molecule has 0 aliphatic rings. The molecule has 0 spiro atoms. The van der Waals surface area contributed by atoms with Crippen molar-refractivity contribution in [2.45, 2.75) is 198 Å². The third-order valence-electron chi connectivity index (χ3n) is 10.4. The first-order valence-corrected chi connectivity index (χ1v) is 29.0. The van der Waals surface area contributed by atoms with Crippen molar-refractivity contribution in [1.29, 1.82) is 0 Å². The van der Waals surface area contributed by atoms with Crippen LogP contribution in [0.15, 0.2) is 60.8 Å². The zero-order chi connectivity index (χ0) is 51.4. The maximum Gasteiger partial charge on any atom is 0.472 e. The number of aliphatic hydroxyl groups excluding tert-OH is 2. The third-order valence-corrected chi connectivity index (χ3v) is 13.2. The fourth-order valence-corrected chi connectivity index (χ4v) is 8.70. The summed E-state index contributed by atoms with van der Waals surface area (Å²) in [5.74, 6) is -2.64. The molecule has 400 valence electrons. The number of phosphoric ester groups is 2. The van der Waals surface area contributed by atoms with Crippen LogP contribution in [0.25, 0.3) is 0 Å². The van der Waals surface area contributed by atoms with Crippen LogP contribution in [0.5, 0.6) is 0 Å². The summed E-state index contributed by atoms with van der Waals surface area (Å²) < 4.78 is 48.1. The molecule has 8 N–H and O–H groups in total. The van der Waals surface area contributed by atoms with Crippen LogP contribution in [-0.2, 0) is 46.6 Å². The number of allylic oxidation sites excluding steroid dienone is 9. The van der Waals surface area contributed by atoms with Gasteiger partial charge < -0.3 is 45.2 Å². The molecule has 0 rings (SSSR count). The highest BCUT2D eigenvalue weighted by Gasteiger charge is 2.30. The number of carbonyl (C=O) groups excluding carboxylic acids is 2. The molecule has 6 atom stereocenters. The topological polar surface area (TPSA) is 279 Å². The molecule has 0 aromatic heterocycles. The summed E-state index contributed by atoms with van der Waals surface area (Å²) in [7, 11) is -9.91. The molecule has 0 bridgehead atoms. The number of rotatable bonds is 47. The zero-order valence-corrected chi connectivity index (χ0v) is 43.9. The van der Waals surface area contributed by atoms with Crippen LogP contribution in [0.4, 0.5) is 0 Å². The van der Waals surface area contributed by atoms with E-state index in [0.29, 0.717) is 6.42 Å². The first-order valence-electron chi connectivity index (χ1n) is 24.9. The van der Waals surface area contributed by atoms with Gasteiger partial charge in [-0.2, -0.15) is 0 Å². The predicted octanol–water partition coefficient (Wildman–Crippen LogP) is 10.1. The van der Waals surface area contributed by atoms with Gasteiger partial charge in [0.25, 0.3) is 0 Å². The van der Waals surface area contributed by atoms with E-state index in [1.807, 2.05) is 18.2 Å². The Morgan fingerprint density at radius 2 is 1.16 bits per heavy atom. The average Bonchev–Trinajstić information content (AvgIpc) is 3.30. The summed E-state index contributed by atoms with van der Waals surface area (Å²) in [6, 6.07) is -1.29. The Balaban J connectivity index is 5.32. The molecule has 0 saturated heterocycles. The third kappa shape index (κ3) is 45.2. The van der Waals surface area contributed by atoms with Gasteiger partial charge >= 0.3 is 33.6 Å². The molecule has 0 radical (unpaired) electrons. The minimum atomic E-state index is -4.97. The molecular weight excluding hydrogens is 953 g/mol. The van der Waals surface area contributed by atoms with Crippen LogP contribution < -0.4 is 5.73 Å². The highest BCUT2D eigenvalue weighted by Crippen LogP contribution is 2.44. The lowest BCUT2D eigenvalue weighted by Gasteiger charge is -2.23. The molecule has 0 amide bonds. The highest BCUT2D eigenvalue weighted by molar-refractivity contribution is 8.00. The van der Waals surface area contributed by atoms with E-state index < -0.39 is 89.6 Å². The lowest BCUT2D eigenvalue weighted by Crippen LogP contribution is -2.40. The molecular formula is C49H87NO16P2S. The fourth-order valence-electron chi connectivity index (χ4n) is 6.41. The zero-order valence-electron chi connectivity index (χ0n) is 41.3. The van der Waals surface area contributed by atoms with Crippen molar-refractivity contribution in [3.8, 4) is 0 Å². The van der Waals surface area contributed by atoms with E-state index in [4.69, 9.17) is 39.1 Å². The summed E-state index contributed by atoms with van der Waals surface area (Å²) in [4.78, 5) is 64.8. The van der Waals surface area contributed by atoms with Crippen molar-refractivity contribution in [2.75, 3.05) is 32.2 Å². The molecule has 1 unspecified atom stereocenters. The number of carboxylic acid groups (broad SMARTS) is 1. The number of aliphatic carboxylic acids is 1. The van der Waals surface area contributed by atoms with E-state index >= 15 is 0 Å². The van der Waals surface area contributed by atoms with E-state index in [2.05, 4.69) is 42.7 Å². The summed E-state index contributed by atoms with van der Waals surface area (Å²) in [5, 5.41) is 29.3. The number of aliphatic hydroxyl groups is 2. The molecule has 0 aliphatic carbocycles. The van der Waals surface area contributed by atoms with Gasteiger partial charge in [-0.15, -0.1) is 11.8 Å². The number of thioether (sulfide) groups is 1. The average molecular weight is 1040 g/mol. The second kappa shape index (κ2) is 44.3. The van der Waals surface area contributed by atoms with E-state index in [0.717, 1.165) is 76.0 Å². The van der Waals surface area contributed by atoms with Crippen molar-refractivity contribution in [3.63, 3.8) is 0 Å². The Morgan fingerprint density at radius 3 is 1.78 bits per heavy atom. The van der Waals surface area contributed by atoms with Gasteiger partial charge in [0.05, 0.1) is 25.9 Å². The van der Waals surface area contributed by atoms with Gasteiger partial charge in [0.15, 0.2) is 6.10 Å². The minimum absolute atomic E-state index is 0.0715. The monoisotopic (exact) mass is 1040 g/mol. The van der Waals surface area contributed by atoms with Crippen LogP contribution in [0.1, 0.15) is 168 Å². The predicted molar refractivity (Wildman–Crippen MR) is 272 cm³/mol. The Morgan fingerprint density at radius 1 is 0.623 bits per heavy atom. The summed E-state index contributed by atoms with van der Waals surface area (Å²) in [5.41, 5.74) is 6.19. The quantitative estimate of drug-likeness (QED) is 0.00981. The van der Waals surface area contributed by atoms with Crippen LogP contribution in [0, 0.1) is 0 Å². The molecule has 0 aromatic rings. The van der Waals surface area contributed by atoms with Gasteiger partial charge in [-0.25, -0.2) is 9.13 Å². The van der Waals surface area contributed by atoms with Crippen molar-refractivity contribution in [1.82, 2.24) is 0 Å². The standard InChI is InChI=1S/C49H87NO16P2S/c1-3-5-7-9-11-13-15-17-18-19-20-21-23-25-27-29-31-36-48(55)62-39-43(40-65-68(60,61)64-38-42(51)37-63-67(57,58)59)66-49(56)44(50)41-69-46(45(52)33-32-35-47(53)54)34-30-28-26-24-22-16-14-12-10-8-6-4-2/h12,14,17-18,22,24,26,28,30,34,42-46,51-52H,3-11,13,15-16,19-21,23,25,27,29,31-33,35-41,50H2,1-2H3,(H,53,54)(H,60,61)(H2,57,58,59)/b14-12-,18-17-,24-22-,28-26+,34-30+/t42-,43+,44-,45-,46+/m0/s1. The number of nitrogens with two attached hydrogens (primary N) is 1. The first-order chi connectivity index (χ1) is 33.0. The lowest BCUT2D eigenvalue weighted by atomic mass is 10.1. The van der Waals surface area contributed by atoms with Crippen LogP contribution in [0.3, 0.4) is 0 Å². The molecule has 0 aliphatic heterocycles. The number of hydrogen-bond donors (Lipinski definition) is 7. The number of ether oxygens (including phenoxy) is 2. The van der Waals surface area contributed by atoms with E-state index in [-0.39, 0.29) is 31.4 Å². The van der Waals surface area contributed by atoms with Crippen molar-refractivity contribution in [2.24, 2.45) is 5.73 Å². The number of hydrogen-bond acceptors (Lipinski definition) is 14. The van der Waals surface area contributed by atoms with Crippen LogP contribution in [0.2, 0.25) is 0 Å². The lowest BCUT2D eigenvalue weighted by molar-refractivity contribution is -0.161. The Labute approximate surface area is 416 Å². The van der Waals surface area contributed by atoms with E-state index in [1.165, 1.54) is 57.8 Å². The van der Waals surface area contributed by atoms with Crippen LogP contribution in [-0.4, -0.2) is 110 Å². The Hall–Kier alpha value is -2.44. The van der Waals surface area contributed by atoms with Gasteiger partial charge in [-0.05, 0) is 64.2 Å². The second-order valence-corrected chi connectivity index (χ2v) is 20.8. The highest BCUT2D eigenvalue weighted by atomic mass is 32.2. The molecule has 0 heterocycles. The summed E-state index contributed by atoms with van der Waals surface area (Å²) >= 11 is 1.13. The number of unbranched alkanes of at least 4 members (excludes halogenated alkanes) is 16. The van der Waals surface area contributed by atoms with Crippen molar-refractivity contribution in [3.05, 3.63) is 60.8 Å². The van der Waals surface area contributed by atoms with Gasteiger partial charge in [0.1, 0.15) is 18.8 Å². The SMILES string of the molecule is CCCCC/C=C\C\C=C/C=C/C=C/[C@@H](SC[C@H](N)C(=O)O[C@H](COC(=O)CCCCCCCCC/C=C\CCCCCCCC)COP(=O)(O)OC[C@@H](O)COP(=O)(O)O)[C@@H](O)CCCC(=O)O. The van der Waals surface area contributed by atoms with Gasteiger partial charge in [0, 0.05) is 23.8 Å². The molecule has 0 fully saturated rings. The first kappa shape index (κ1) is 66.6. The molecule has 20 heteroatoms. The van der Waals surface area contributed by atoms with Gasteiger partial charge in [0.2, 0.25) is 0 Å². The largest absolute Gasteiger partial charge is 0.481 e. The minimum Gasteiger partial charge on any atom is -0.481 e. The number of carbonyl (C=O) groups is 3. The molecule has 0 aromatic carbocycles. The smallest absolute Gasteiger partial charge is 0.472 e. The van der Waals surface area contributed by atoms with Crippen molar-refractivity contribution < 1.29 is 76.6 Å².